The quantitative estimate of drug-likeness (QED) is 0.194. The van der Waals surface area contributed by atoms with Crippen LogP contribution in [-0.2, 0) is 5.40 Å². The van der Waals surface area contributed by atoms with Gasteiger partial charge in [-0.25, -0.2) is 0 Å². The maximum absolute atomic E-state index is 11.3. The second kappa shape index (κ2) is 13.4. The van der Waals surface area contributed by atoms with E-state index in [4.69, 9.17) is 12.5 Å². The molecular weight excluding hydrogens is 681 g/mol. The molecule has 8 aromatic rings. The maximum atomic E-state index is 11.3. The number of benzene rings is 7. The van der Waals surface area contributed by atoms with Crippen LogP contribution in [0, 0.1) is 5.11 Å². The summed E-state index contributed by atoms with van der Waals surface area (Å²) >= 11 is 0. The van der Waals surface area contributed by atoms with Gasteiger partial charge in [-0.15, -0.1) is 0 Å². The van der Waals surface area contributed by atoms with Crippen LogP contribution < -0.4 is 27.1 Å². The third-order valence-corrected chi connectivity index (χ3v) is 13.1. The molecule has 57 heavy (non-hydrogen) atoms. The van der Waals surface area contributed by atoms with E-state index in [0.29, 0.717) is 5.82 Å². The van der Waals surface area contributed by atoms with E-state index in [-0.39, 0.29) is 0 Å². The summed E-state index contributed by atoms with van der Waals surface area (Å²) < 4.78 is 2.09. The molecule has 0 saturated heterocycles. The molecule has 1 heterocycles. The number of hydrogen-bond acceptors (Lipinski definition) is 2. The van der Waals surface area contributed by atoms with Gasteiger partial charge in [-0.3, -0.25) is 0 Å². The van der Waals surface area contributed by atoms with Crippen LogP contribution >= 0.6 is 0 Å². The van der Waals surface area contributed by atoms with Gasteiger partial charge in [0.2, 0.25) is 0 Å². The van der Waals surface area contributed by atoms with Crippen molar-refractivity contribution in [2.75, 3.05) is 0 Å². The van der Waals surface area contributed by atoms with Crippen LogP contribution in [0.5, 0.6) is 0 Å². The van der Waals surface area contributed by atoms with Crippen LogP contribution in [0.1, 0.15) is 12.7 Å². The van der Waals surface area contributed by atoms with Crippen molar-refractivity contribution >= 4 is 138 Å². The summed E-state index contributed by atoms with van der Waals surface area (Å²) in [6.45, 7) is 2.21. The van der Waals surface area contributed by atoms with Crippen molar-refractivity contribution < 1.29 is 5.11 Å². The van der Waals surface area contributed by atoms with Crippen LogP contribution in [0.4, 0.5) is 0 Å². The summed E-state index contributed by atoms with van der Waals surface area (Å²) in [6.07, 6.45) is 0. The normalized spacial score (nSPS) is 13.3. The van der Waals surface area contributed by atoms with Crippen molar-refractivity contribution in [1.29, 1.82) is 0 Å². The minimum atomic E-state index is -1.14. The Labute approximate surface area is 343 Å². The van der Waals surface area contributed by atoms with E-state index in [1.54, 1.807) is 15.7 Å². The Morgan fingerprint density at radius 3 is 1.82 bits per heavy atom. The Balaban J connectivity index is 1.42. The van der Waals surface area contributed by atoms with Gasteiger partial charge in [0, 0.05) is 0 Å². The van der Waals surface area contributed by atoms with Crippen molar-refractivity contribution in [1.82, 2.24) is 9.55 Å². The van der Waals surface area contributed by atoms with Gasteiger partial charge >= 0.3 is 345 Å². The predicted octanol–water partition coefficient (Wildman–Crippen LogP) is -2.89. The Kier molecular flexibility index (Phi) is 8.79. The summed E-state index contributed by atoms with van der Waals surface area (Å²) in [5.74, 6) is 0.612. The van der Waals surface area contributed by atoms with Gasteiger partial charge < -0.3 is 0 Å². The Hall–Kier alpha value is -5.25. The van der Waals surface area contributed by atoms with Crippen molar-refractivity contribution in [2.45, 2.75) is 12.3 Å². The summed E-state index contributed by atoms with van der Waals surface area (Å²) in [5, 5.41) is 17.5. The average Bonchev–Trinajstić information content (AvgIpc) is 3.76. The van der Waals surface area contributed by atoms with E-state index in [2.05, 4.69) is 151 Å². The van der Waals surface area contributed by atoms with Gasteiger partial charge in [0.05, 0.1) is 0 Å². The fraction of sp³-hybridized carbons (Fsp3) is 0.0455. The van der Waals surface area contributed by atoms with Crippen molar-refractivity contribution in [3.8, 4) is 50.2 Å². The van der Waals surface area contributed by atoms with E-state index in [0.717, 1.165) is 27.4 Å². The molecule has 1 aliphatic carbocycles. The molecule has 1 N–H and O–H groups in total. The minimum absolute atomic E-state index is 0.612. The van der Waals surface area contributed by atoms with Crippen molar-refractivity contribution in [3.05, 3.63) is 130 Å². The fourth-order valence-electron chi connectivity index (χ4n) is 9.55. The molecule has 0 atom stereocenters. The first-order valence-corrected chi connectivity index (χ1v) is 20.1. The number of allylic oxidation sites excluding steroid dienone is 2. The molecule has 262 valence electrons. The molecule has 0 spiro atoms. The SMILES string of the molecule is B=c1c(-c2ccc3c4c(cccc24)-c2ccccc2-3)c2c(B)c(B)c(B)c(B)c2c(-c2ccc(-n3c(C(B)(B)O)nc4ccccc43)cc2)/c1=C(B)/C(B)=C(/B)C. The van der Waals surface area contributed by atoms with E-state index in [9.17, 15) is 5.11 Å². The zero-order valence-electron chi connectivity index (χ0n) is 34.9. The standard InChI is InChI=1S/C44H40B10N2O/c1-19(45)36(46)40(50)35-30(20-13-15-21(16-14-20)56-29-12-5-4-11-28(29)55-43(56)44(53,54)57)33-34(39(49)42(52)41(51)38(33)48)32(37(35)47)27-18-17-26-23-8-3-2-7-22(23)24-9-6-10-25(27)31(24)26/h2-18,47,57H,45-46,48-54H2,1H3/b36-19-,40-35+. The molecule has 3 nitrogen and oxygen atoms in total. The third-order valence-electron chi connectivity index (χ3n) is 13.1. The number of rotatable bonds is 5. The molecule has 1 aliphatic rings. The molecule has 0 aliphatic heterocycles. The molecule has 0 unspecified atom stereocenters. The van der Waals surface area contributed by atoms with Crippen LogP contribution in [-0.4, -0.2) is 92.8 Å². The Morgan fingerprint density at radius 1 is 0.632 bits per heavy atom. The number of nitrogens with zero attached hydrogens (tertiary/aromatic N) is 2. The Morgan fingerprint density at radius 2 is 1.19 bits per heavy atom. The van der Waals surface area contributed by atoms with Gasteiger partial charge in [-0.1, -0.05) is 0 Å². The number of para-hydroxylation sites is 2. The van der Waals surface area contributed by atoms with Crippen molar-refractivity contribution in [2.24, 2.45) is 0 Å². The average molecular weight is 721 g/mol. The monoisotopic (exact) mass is 722 g/mol. The molecule has 0 radical (unpaired) electrons. The first kappa shape index (κ1) is 37.3. The van der Waals surface area contributed by atoms with Crippen LogP contribution in [0.3, 0.4) is 0 Å². The summed E-state index contributed by atoms with van der Waals surface area (Å²) in [5.41, 5.74) is 21.8. The number of fused-ring (bicyclic) bond motifs is 5. The molecule has 7 aromatic carbocycles. The topological polar surface area (TPSA) is 38.0 Å². The van der Waals surface area contributed by atoms with E-state index in [1.165, 1.54) is 104 Å². The zero-order chi connectivity index (χ0) is 40.2. The molecule has 1 aromatic heterocycles. The fourth-order valence-corrected chi connectivity index (χ4v) is 9.55. The van der Waals surface area contributed by atoms with E-state index >= 15 is 0 Å². The second-order valence-electron chi connectivity index (χ2n) is 16.9. The predicted molar refractivity (Wildman–Crippen MR) is 272 cm³/mol. The molecule has 13 heteroatoms. The first-order valence-electron chi connectivity index (χ1n) is 20.1. The van der Waals surface area contributed by atoms with Crippen molar-refractivity contribution in [3.63, 3.8) is 0 Å². The summed E-state index contributed by atoms with van der Waals surface area (Å²) in [4.78, 5) is 4.89. The molecule has 0 fully saturated rings. The van der Waals surface area contributed by atoms with Crippen LogP contribution in [0.2, 0.25) is 0 Å². The third kappa shape index (κ3) is 5.52. The second-order valence-corrected chi connectivity index (χ2v) is 16.9. The zero-order valence-corrected chi connectivity index (χ0v) is 34.9. The van der Waals surface area contributed by atoms with Gasteiger partial charge in [0.15, 0.2) is 0 Å². The number of aromatic nitrogens is 2. The van der Waals surface area contributed by atoms with Gasteiger partial charge in [-0.05, 0) is 0 Å². The van der Waals surface area contributed by atoms with Crippen LogP contribution in [0.15, 0.2) is 114 Å². The number of hydrogen-bond donors (Lipinski definition) is 1. The van der Waals surface area contributed by atoms with Gasteiger partial charge in [-0.2, -0.15) is 0 Å². The van der Waals surface area contributed by atoms with Crippen LogP contribution in [0.25, 0.3) is 88.2 Å². The molecule has 0 bridgehead atoms. The number of imidazole rings is 1. The van der Waals surface area contributed by atoms with Gasteiger partial charge in [0.25, 0.3) is 0 Å². The molecule has 9 rings (SSSR count). The Bertz CT molecular complexity index is 3190. The molecular formula is C44H40B10N2O. The molecule has 0 saturated carbocycles. The first-order chi connectivity index (χ1) is 27.2. The number of aliphatic hydroxyl groups is 1. The van der Waals surface area contributed by atoms with E-state index < -0.39 is 5.40 Å². The summed E-state index contributed by atoms with van der Waals surface area (Å²) in [6, 6.07) is 37.3. The summed E-state index contributed by atoms with van der Waals surface area (Å²) in [7, 11) is 24.6. The van der Waals surface area contributed by atoms with Gasteiger partial charge in [0.1, 0.15) is 0 Å². The molecule has 0 amide bonds. The van der Waals surface area contributed by atoms with E-state index in [1.807, 2.05) is 18.2 Å².